The number of benzene rings is 2. The minimum atomic E-state index is -0.484. The first-order valence-electron chi connectivity index (χ1n) is 10.6. The molecule has 0 saturated carbocycles. The minimum Gasteiger partial charge on any atom is -0.497 e. The number of aromatic nitrogens is 1. The van der Waals surface area contributed by atoms with Gasteiger partial charge in [0.15, 0.2) is 0 Å². The van der Waals surface area contributed by atoms with Crippen LogP contribution in [0, 0.1) is 5.92 Å². The molecule has 2 atom stereocenters. The molecule has 1 aromatic heterocycles. The number of ether oxygens (including phenoxy) is 1. The van der Waals surface area contributed by atoms with E-state index in [-0.39, 0.29) is 11.8 Å². The Balaban J connectivity index is 1.31. The highest BCUT2D eigenvalue weighted by Gasteiger charge is 2.33. The zero-order chi connectivity index (χ0) is 20.9. The number of amides is 1. The zero-order valence-corrected chi connectivity index (χ0v) is 17.3. The van der Waals surface area contributed by atoms with Crippen LogP contribution in [-0.4, -0.2) is 47.2 Å². The topological polar surface area (TPSA) is 62.7 Å². The molecule has 0 radical (unpaired) electrons. The van der Waals surface area contributed by atoms with Gasteiger partial charge < -0.3 is 14.7 Å². The van der Waals surface area contributed by atoms with Crippen LogP contribution in [0.1, 0.15) is 24.0 Å². The first-order valence-corrected chi connectivity index (χ1v) is 10.6. The Hall–Kier alpha value is -2.92. The van der Waals surface area contributed by atoms with Crippen molar-refractivity contribution < 1.29 is 14.6 Å². The van der Waals surface area contributed by atoms with Gasteiger partial charge in [-0.15, -0.1) is 0 Å². The van der Waals surface area contributed by atoms with Crippen molar-refractivity contribution >= 4 is 16.8 Å². The largest absolute Gasteiger partial charge is 0.497 e. The van der Waals surface area contributed by atoms with Crippen molar-refractivity contribution in [2.24, 2.45) is 5.92 Å². The van der Waals surface area contributed by atoms with E-state index < -0.39 is 6.10 Å². The zero-order valence-electron chi connectivity index (χ0n) is 17.3. The van der Waals surface area contributed by atoms with Gasteiger partial charge in [0.1, 0.15) is 5.75 Å². The van der Waals surface area contributed by atoms with Crippen molar-refractivity contribution in [3.63, 3.8) is 0 Å². The summed E-state index contributed by atoms with van der Waals surface area (Å²) in [6.07, 6.45) is 4.25. The van der Waals surface area contributed by atoms with Gasteiger partial charge in [0.05, 0.1) is 18.7 Å². The van der Waals surface area contributed by atoms with E-state index in [1.54, 1.807) is 7.11 Å². The normalized spacial score (nSPS) is 18.7. The van der Waals surface area contributed by atoms with Crippen LogP contribution in [0.2, 0.25) is 0 Å². The number of likely N-dealkylation sites (tertiary alicyclic amines) is 1. The van der Waals surface area contributed by atoms with Crippen molar-refractivity contribution in [1.29, 1.82) is 0 Å². The number of hydrogen-bond acceptors (Lipinski definition) is 4. The average molecular weight is 405 g/mol. The molecule has 156 valence electrons. The summed E-state index contributed by atoms with van der Waals surface area (Å²) in [5.74, 6) is 1.03. The molecule has 4 rings (SSSR count). The van der Waals surface area contributed by atoms with E-state index in [1.807, 2.05) is 59.6 Å². The quantitative estimate of drug-likeness (QED) is 0.653. The van der Waals surface area contributed by atoms with E-state index in [0.717, 1.165) is 35.9 Å². The second-order valence-electron chi connectivity index (χ2n) is 8.02. The number of nitrogens with zero attached hydrogens (tertiary/aromatic N) is 2. The molecule has 1 saturated heterocycles. The minimum absolute atomic E-state index is 0.0568. The number of para-hydroxylation sites is 1. The number of fused-ring (bicyclic) bond motifs is 1. The molecule has 5 heteroatoms. The summed E-state index contributed by atoms with van der Waals surface area (Å²) in [5, 5.41) is 11.7. The monoisotopic (exact) mass is 404 g/mol. The summed E-state index contributed by atoms with van der Waals surface area (Å²) in [5.41, 5.74) is 3.35. The number of aliphatic hydroxyl groups is 1. The van der Waals surface area contributed by atoms with Crippen LogP contribution in [0.15, 0.2) is 60.8 Å². The van der Waals surface area contributed by atoms with Crippen LogP contribution in [0.4, 0.5) is 0 Å². The standard InChI is InChI=1S/C25H28N2O3/c1-30-21-11-9-18(10-12-21)5-4-8-25(29)27-16-20(24(28)17-27)15-19-13-14-26-23-7-3-2-6-22(19)23/h2-3,6-7,9-14,20,24,28H,4-5,8,15-17H2,1H3/t20-,24+/m1/s1. The maximum atomic E-state index is 12.7. The lowest BCUT2D eigenvalue weighted by atomic mass is 9.94. The fourth-order valence-corrected chi connectivity index (χ4v) is 4.27. The summed E-state index contributed by atoms with van der Waals surface area (Å²) >= 11 is 0. The number of hydrogen-bond donors (Lipinski definition) is 1. The average Bonchev–Trinajstić information content (AvgIpc) is 3.15. The number of rotatable bonds is 7. The van der Waals surface area contributed by atoms with Crippen molar-refractivity contribution in [3.05, 3.63) is 71.9 Å². The molecule has 0 unspecified atom stereocenters. The van der Waals surface area contributed by atoms with Crippen molar-refractivity contribution in [2.75, 3.05) is 20.2 Å². The SMILES string of the molecule is COc1ccc(CCCC(=O)N2C[C@@H](Cc3ccnc4ccccc34)[C@@H](O)C2)cc1. The van der Waals surface area contributed by atoms with Gasteiger partial charge in [-0.1, -0.05) is 30.3 Å². The predicted octanol–water partition coefficient (Wildman–Crippen LogP) is 3.63. The molecule has 30 heavy (non-hydrogen) atoms. The molecule has 1 aliphatic rings. The fraction of sp³-hybridized carbons (Fsp3) is 0.360. The third-order valence-corrected chi connectivity index (χ3v) is 6.00. The molecule has 1 N–H and O–H groups in total. The fourth-order valence-electron chi connectivity index (χ4n) is 4.27. The van der Waals surface area contributed by atoms with Gasteiger partial charge in [-0.05, 0) is 54.7 Å². The van der Waals surface area contributed by atoms with Crippen LogP contribution < -0.4 is 4.74 Å². The van der Waals surface area contributed by atoms with Crippen molar-refractivity contribution in [1.82, 2.24) is 9.88 Å². The van der Waals surface area contributed by atoms with Gasteiger partial charge >= 0.3 is 0 Å². The molecule has 0 spiro atoms. The van der Waals surface area contributed by atoms with E-state index in [2.05, 4.69) is 11.1 Å². The molecule has 3 aromatic rings. The van der Waals surface area contributed by atoms with E-state index in [4.69, 9.17) is 4.74 Å². The van der Waals surface area contributed by atoms with Gasteiger partial charge in [0, 0.05) is 37.0 Å². The van der Waals surface area contributed by atoms with Crippen LogP contribution in [0.3, 0.4) is 0 Å². The molecule has 1 amide bonds. The number of methoxy groups -OCH3 is 1. The first-order chi connectivity index (χ1) is 14.6. The Bertz CT molecular complexity index is 997. The molecular formula is C25H28N2O3. The van der Waals surface area contributed by atoms with Gasteiger partial charge in [-0.3, -0.25) is 9.78 Å². The van der Waals surface area contributed by atoms with E-state index in [0.29, 0.717) is 19.5 Å². The Labute approximate surface area is 177 Å². The van der Waals surface area contributed by atoms with Crippen molar-refractivity contribution in [3.8, 4) is 5.75 Å². The molecular weight excluding hydrogens is 376 g/mol. The lowest BCUT2D eigenvalue weighted by molar-refractivity contribution is -0.130. The third-order valence-electron chi connectivity index (χ3n) is 6.00. The summed E-state index contributed by atoms with van der Waals surface area (Å²) in [4.78, 5) is 18.9. The summed E-state index contributed by atoms with van der Waals surface area (Å²) in [6, 6.07) is 18.1. The first kappa shape index (κ1) is 20.4. The maximum Gasteiger partial charge on any atom is 0.222 e. The van der Waals surface area contributed by atoms with E-state index in [1.165, 1.54) is 11.1 Å². The second-order valence-corrected chi connectivity index (χ2v) is 8.02. The summed E-state index contributed by atoms with van der Waals surface area (Å²) in [7, 11) is 1.66. The van der Waals surface area contributed by atoms with E-state index >= 15 is 0 Å². The number of carbonyl (C=O) groups is 1. The van der Waals surface area contributed by atoms with Gasteiger partial charge in [0.2, 0.25) is 5.91 Å². The predicted molar refractivity (Wildman–Crippen MR) is 117 cm³/mol. The number of aryl methyl sites for hydroxylation is 1. The lowest BCUT2D eigenvalue weighted by Gasteiger charge is -2.16. The number of aliphatic hydroxyl groups excluding tert-OH is 1. The maximum absolute atomic E-state index is 12.7. The molecule has 2 aromatic carbocycles. The molecule has 0 bridgehead atoms. The Morgan fingerprint density at radius 2 is 1.93 bits per heavy atom. The molecule has 5 nitrogen and oxygen atoms in total. The van der Waals surface area contributed by atoms with Crippen LogP contribution in [-0.2, 0) is 17.6 Å². The highest BCUT2D eigenvalue weighted by molar-refractivity contribution is 5.82. The molecule has 2 heterocycles. The van der Waals surface area contributed by atoms with Crippen LogP contribution in [0.25, 0.3) is 10.9 Å². The summed E-state index contributed by atoms with van der Waals surface area (Å²) in [6.45, 7) is 1.04. The van der Waals surface area contributed by atoms with Gasteiger partial charge in [0.25, 0.3) is 0 Å². The highest BCUT2D eigenvalue weighted by Crippen LogP contribution is 2.26. The van der Waals surface area contributed by atoms with Gasteiger partial charge in [-0.25, -0.2) is 0 Å². The van der Waals surface area contributed by atoms with Crippen molar-refractivity contribution in [2.45, 2.75) is 31.8 Å². The summed E-state index contributed by atoms with van der Waals surface area (Å²) < 4.78 is 5.18. The van der Waals surface area contributed by atoms with E-state index in [9.17, 15) is 9.90 Å². The smallest absolute Gasteiger partial charge is 0.222 e. The van der Waals surface area contributed by atoms with Crippen LogP contribution in [0.5, 0.6) is 5.75 Å². The molecule has 1 aliphatic heterocycles. The Kier molecular flexibility index (Phi) is 6.29. The van der Waals surface area contributed by atoms with Crippen LogP contribution >= 0.6 is 0 Å². The number of carbonyl (C=O) groups excluding carboxylic acids is 1. The second kappa shape index (κ2) is 9.26. The highest BCUT2D eigenvalue weighted by atomic mass is 16.5. The number of pyridine rings is 1. The Morgan fingerprint density at radius 3 is 2.73 bits per heavy atom. The Morgan fingerprint density at radius 1 is 1.13 bits per heavy atom. The number of β-amino-alcohol motifs (C(OH)–C–C–N with tert-alkyl or cyclic N) is 1. The van der Waals surface area contributed by atoms with Gasteiger partial charge in [-0.2, -0.15) is 0 Å². The molecule has 1 fully saturated rings. The molecule has 0 aliphatic carbocycles. The third kappa shape index (κ3) is 4.62. The lowest BCUT2D eigenvalue weighted by Crippen LogP contribution is -2.29.